The predicted octanol–water partition coefficient (Wildman–Crippen LogP) is 1.92. The van der Waals surface area contributed by atoms with Gasteiger partial charge >= 0.3 is 0 Å². The van der Waals surface area contributed by atoms with Gasteiger partial charge in [0, 0.05) is 22.8 Å². The Labute approximate surface area is 82.4 Å². The second kappa shape index (κ2) is 3.70. The van der Waals surface area contributed by atoms with Gasteiger partial charge in [-0.05, 0) is 26.0 Å². The number of aromatic nitrogens is 1. The highest BCUT2D eigenvalue weighted by Gasteiger charge is 2.00. The summed E-state index contributed by atoms with van der Waals surface area (Å²) in [6, 6.07) is 3.69. The minimum atomic E-state index is -0.0895. The molecule has 4 heteroatoms. The van der Waals surface area contributed by atoms with Gasteiger partial charge in [-0.3, -0.25) is 14.9 Å². The van der Waals surface area contributed by atoms with Gasteiger partial charge in [0.05, 0.1) is 0 Å². The first-order chi connectivity index (χ1) is 6.00. The van der Waals surface area contributed by atoms with Gasteiger partial charge in [-0.1, -0.05) is 12.2 Å². The molecule has 0 saturated carbocycles. The molecule has 0 spiro atoms. The van der Waals surface area contributed by atoms with Crippen LogP contribution in [-0.2, 0) is 4.79 Å². The highest BCUT2D eigenvalue weighted by atomic mass is 32.1. The molecule has 1 rings (SSSR count). The number of carbonyl (C=O) groups excluding carboxylic acids is 1. The molecule has 1 heterocycles. The molecule has 3 nitrogen and oxygen atoms in total. The van der Waals surface area contributed by atoms with E-state index in [0.29, 0.717) is 0 Å². The van der Waals surface area contributed by atoms with Crippen LogP contribution in [0.15, 0.2) is 12.1 Å². The first kappa shape index (κ1) is 9.92. The molecule has 0 bridgehead atoms. The summed E-state index contributed by atoms with van der Waals surface area (Å²) in [6.07, 6.45) is 0. The number of hydrogen-bond acceptors (Lipinski definition) is 2. The molecule has 0 aliphatic heterocycles. The van der Waals surface area contributed by atoms with E-state index in [1.54, 1.807) is 4.68 Å². The third kappa shape index (κ3) is 2.39. The van der Waals surface area contributed by atoms with E-state index in [9.17, 15) is 4.79 Å². The zero-order valence-electron chi connectivity index (χ0n) is 7.92. The van der Waals surface area contributed by atoms with Gasteiger partial charge in [0.15, 0.2) is 0 Å². The largest absolute Gasteiger partial charge is 0.274 e. The maximum atomic E-state index is 10.8. The Kier molecular flexibility index (Phi) is 2.83. The zero-order chi connectivity index (χ0) is 10.0. The lowest BCUT2D eigenvalue weighted by molar-refractivity contribution is -0.115. The van der Waals surface area contributed by atoms with Crippen molar-refractivity contribution in [1.82, 2.24) is 4.68 Å². The fourth-order valence-electron chi connectivity index (χ4n) is 1.19. The Morgan fingerprint density at radius 2 is 1.85 bits per heavy atom. The number of rotatable bonds is 1. The van der Waals surface area contributed by atoms with Crippen LogP contribution in [0, 0.1) is 18.4 Å². The first-order valence-electron chi connectivity index (χ1n) is 3.98. The molecule has 13 heavy (non-hydrogen) atoms. The normalized spacial score (nSPS) is 9.77. The van der Waals surface area contributed by atoms with Gasteiger partial charge in [0.1, 0.15) is 0 Å². The molecule has 0 radical (unpaired) electrons. The number of nitrogens with one attached hydrogen (secondary N) is 1. The van der Waals surface area contributed by atoms with E-state index in [4.69, 9.17) is 12.2 Å². The monoisotopic (exact) mass is 196 g/mol. The lowest BCUT2D eigenvalue weighted by Gasteiger charge is -2.13. The van der Waals surface area contributed by atoms with Crippen molar-refractivity contribution in [3.05, 3.63) is 28.0 Å². The highest BCUT2D eigenvalue weighted by Crippen LogP contribution is 2.04. The molecule has 1 amide bonds. The van der Waals surface area contributed by atoms with Crippen molar-refractivity contribution in [2.24, 2.45) is 0 Å². The highest BCUT2D eigenvalue weighted by molar-refractivity contribution is 7.71. The summed E-state index contributed by atoms with van der Waals surface area (Å²) in [7, 11) is 0. The second-order valence-corrected chi connectivity index (χ2v) is 3.45. The Morgan fingerprint density at radius 1 is 1.38 bits per heavy atom. The van der Waals surface area contributed by atoms with Crippen LogP contribution in [0.4, 0.5) is 0 Å². The minimum Gasteiger partial charge on any atom is -0.274 e. The summed E-state index contributed by atoms with van der Waals surface area (Å²) in [5.74, 6) is -0.0895. The van der Waals surface area contributed by atoms with Crippen LogP contribution in [0.1, 0.15) is 18.3 Å². The summed E-state index contributed by atoms with van der Waals surface area (Å²) in [4.78, 5) is 10.8. The second-order valence-electron chi connectivity index (χ2n) is 2.98. The molecule has 1 N–H and O–H groups in total. The van der Waals surface area contributed by atoms with Crippen molar-refractivity contribution in [2.45, 2.75) is 20.8 Å². The number of amides is 1. The average molecular weight is 196 g/mol. The topological polar surface area (TPSA) is 34.0 Å². The molecule has 0 aliphatic rings. The SMILES string of the molecule is CC(=O)Nn1c(C)cc(=S)cc1C. The number of pyridine rings is 1. The minimum absolute atomic E-state index is 0.0895. The molecular weight excluding hydrogens is 184 g/mol. The third-order valence-corrected chi connectivity index (χ3v) is 1.91. The number of nitrogens with zero attached hydrogens (tertiary/aromatic N) is 1. The summed E-state index contributed by atoms with van der Waals surface area (Å²) in [6.45, 7) is 5.28. The molecule has 0 aliphatic carbocycles. The van der Waals surface area contributed by atoms with Crippen molar-refractivity contribution in [3.63, 3.8) is 0 Å². The Hall–Kier alpha value is -1.16. The Bertz CT molecular complexity index is 369. The van der Waals surface area contributed by atoms with Crippen LogP contribution >= 0.6 is 12.2 Å². The van der Waals surface area contributed by atoms with Gasteiger partial charge in [0.25, 0.3) is 0 Å². The van der Waals surface area contributed by atoms with Crippen LogP contribution in [0.25, 0.3) is 0 Å². The quantitative estimate of drug-likeness (QED) is 0.696. The predicted molar refractivity (Wildman–Crippen MR) is 54.8 cm³/mol. The van der Waals surface area contributed by atoms with Gasteiger partial charge < -0.3 is 0 Å². The van der Waals surface area contributed by atoms with E-state index in [1.807, 2.05) is 26.0 Å². The smallest absolute Gasteiger partial charge is 0.235 e. The molecule has 1 aromatic heterocycles. The van der Waals surface area contributed by atoms with E-state index >= 15 is 0 Å². The summed E-state index contributed by atoms with van der Waals surface area (Å²) in [5, 5.41) is 0. The van der Waals surface area contributed by atoms with Gasteiger partial charge in [-0.15, -0.1) is 0 Å². The molecular formula is C9H12N2OS. The molecule has 0 fully saturated rings. The van der Waals surface area contributed by atoms with Crippen LogP contribution in [0.2, 0.25) is 0 Å². The first-order valence-corrected chi connectivity index (χ1v) is 4.39. The summed E-state index contributed by atoms with van der Waals surface area (Å²) in [5.41, 5.74) is 4.56. The summed E-state index contributed by atoms with van der Waals surface area (Å²) >= 11 is 5.03. The van der Waals surface area contributed by atoms with E-state index in [0.717, 1.165) is 15.9 Å². The van der Waals surface area contributed by atoms with Crippen LogP contribution in [0.3, 0.4) is 0 Å². The van der Waals surface area contributed by atoms with E-state index < -0.39 is 0 Å². The van der Waals surface area contributed by atoms with Gasteiger partial charge in [-0.2, -0.15) is 0 Å². The van der Waals surface area contributed by atoms with E-state index in [1.165, 1.54) is 6.92 Å². The molecule has 1 aromatic rings. The van der Waals surface area contributed by atoms with Crippen LogP contribution in [-0.4, -0.2) is 10.6 Å². The lowest BCUT2D eigenvalue weighted by Crippen LogP contribution is -2.23. The van der Waals surface area contributed by atoms with Crippen molar-refractivity contribution >= 4 is 18.1 Å². The zero-order valence-corrected chi connectivity index (χ0v) is 8.73. The molecule has 70 valence electrons. The van der Waals surface area contributed by atoms with Gasteiger partial charge in [0.2, 0.25) is 5.91 Å². The number of carbonyl (C=O) groups is 1. The maximum Gasteiger partial charge on any atom is 0.235 e. The van der Waals surface area contributed by atoms with Gasteiger partial charge in [-0.25, -0.2) is 0 Å². The van der Waals surface area contributed by atoms with Crippen molar-refractivity contribution in [2.75, 3.05) is 5.43 Å². The lowest BCUT2D eigenvalue weighted by atomic mass is 10.3. The third-order valence-electron chi connectivity index (χ3n) is 1.68. The van der Waals surface area contributed by atoms with E-state index in [2.05, 4.69) is 5.43 Å². The molecule has 0 aromatic carbocycles. The molecule has 0 saturated heterocycles. The molecule has 0 unspecified atom stereocenters. The fraction of sp³-hybridized carbons (Fsp3) is 0.333. The fourth-order valence-corrected chi connectivity index (χ4v) is 1.54. The summed E-state index contributed by atoms with van der Waals surface area (Å²) < 4.78 is 2.51. The van der Waals surface area contributed by atoms with Crippen LogP contribution < -0.4 is 5.43 Å². The molecule has 0 atom stereocenters. The Balaban J connectivity index is 3.20. The number of hydrogen-bond donors (Lipinski definition) is 1. The van der Waals surface area contributed by atoms with Crippen LogP contribution in [0.5, 0.6) is 0 Å². The average Bonchev–Trinajstić information content (AvgIpc) is 1.96. The van der Waals surface area contributed by atoms with Crippen molar-refractivity contribution < 1.29 is 4.79 Å². The standard InChI is InChI=1S/C9H12N2OS/c1-6-4-9(13)5-7(2)11(6)10-8(3)12/h4-5H,1-3H3,(H,10,12). The maximum absolute atomic E-state index is 10.8. The van der Waals surface area contributed by atoms with Crippen molar-refractivity contribution in [3.8, 4) is 0 Å². The Morgan fingerprint density at radius 3 is 2.23 bits per heavy atom. The van der Waals surface area contributed by atoms with Crippen molar-refractivity contribution in [1.29, 1.82) is 0 Å². The number of aryl methyl sites for hydroxylation is 2. The van der Waals surface area contributed by atoms with E-state index in [-0.39, 0.29) is 5.91 Å².